The van der Waals surface area contributed by atoms with Crippen LogP contribution in [-0.2, 0) is 0 Å². The van der Waals surface area contributed by atoms with E-state index in [0.29, 0.717) is 15.0 Å². The molecule has 1 unspecified atom stereocenters. The average molecular weight is 323 g/mol. The first-order valence-corrected chi connectivity index (χ1v) is 8.94. The summed E-state index contributed by atoms with van der Waals surface area (Å²) >= 11 is 2.10. The molecule has 0 aliphatic rings. The van der Waals surface area contributed by atoms with Crippen molar-refractivity contribution in [3.63, 3.8) is 0 Å². The van der Waals surface area contributed by atoms with Crippen LogP contribution >= 0.6 is 11.8 Å². The summed E-state index contributed by atoms with van der Waals surface area (Å²) in [6, 6.07) is 20.7. The van der Waals surface area contributed by atoms with Crippen LogP contribution in [0.1, 0.15) is 0 Å². The third-order valence-corrected chi connectivity index (χ3v) is 5.96. The topological polar surface area (TPSA) is 20.2 Å². The van der Waals surface area contributed by atoms with Gasteiger partial charge in [-0.3, -0.25) is 0 Å². The van der Waals surface area contributed by atoms with Gasteiger partial charge in [0.1, 0.15) is 0 Å². The van der Waals surface area contributed by atoms with Crippen molar-refractivity contribution in [2.45, 2.75) is 16.3 Å². The Kier molecular flexibility index (Phi) is 5.82. The molecule has 0 aliphatic heterocycles. The third kappa shape index (κ3) is 4.87. The molecule has 0 radical (unpaired) electrons. The molecule has 2 rings (SSSR count). The molecule has 3 heteroatoms. The second-order valence-electron chi connectivity index (χ2n) is 3.90. The van der Waals surface area contributed by atoms with Crippen LogP contribution < -0.4 is 4.46 Å². The summed E-state index contributed by atoms with van der Waals surface area (Å²) in [5, 5.41) is 10.9. The van der Waals surface area contributed by atoms with Crippen LogP contribution in [0.15, 0.2) is 65.6 Å². The first kappa shape index (κ1) is 13.7. The van der Waals surface area contributed by atoms with E-state index in [2.05, 4.69) is 36.4 Å². The van der Waals surface area contributed by atoms with Crippen LogP contribution in [-0.4, -0.2) is 31.9 Å². The molecule has 0 saturated heterocycles. The van der Waals surface area contributed by atoms with Gasteiger partial charge in [0.25, 0.3) is 0 Å². The number of rotatable bonds is 6. The molecule has 1 N–H and O–H groups in total. The average Bonchev–Trinajstić information content (AvgIpc) is 2.45. The van der Waals surface area contributed by atoms with Crippen molar-refractivity contribution >= 4 is 31.2 Å². The normalized spacial score (nSPS) is 12.3. The minimum absolute atomic E-state index is 0.213. The summed E-state index contributed by atoms with van der Waals surface area (Å²) in [6.07, 6.45) is -0.213. The predicted molar refractivity (Wildman–Crippen MR) is 79.8 cm³/mol. The number of hydrogen-bond donors (Lipinski definition) is 1. The Bertz CT molecular complexity index is 403. The summed E-state index contributed by atoms with van der Waals surface area (Å²) in [6.45, 7) is 0. The van der Waals surface area contributed by atoms with Crippen LogP contribution in [0, 0.1) is 0 Å². The van der Waals surface area contributed by atoms with E-state index in [1.807, 2.05) is 24.3 Å². The zero-order valence-electron chi connectivity index (χ0n) is 10.0. The molecule has 94 valence electrons. The van der Waals surface area contributed by atoms with Crippen molar-refractivity contribution in [3.05, 3.63) is 60.7 Å². The van der Waals surface area contributed by atoms with E-state index in [-0.39, 0.29) is 6.10 Å². The number of hydrogen-bond acceptors (Lipinski definition) is 2. The fourth-order valence-corrected chi connectivity index (χ4v) is 4.44. The Morgan fingerprint density at radius 2 is 1.56 bits per heavy atom. The molecule has 1 nitrogen and oxygen atoms in total. The number of thioether (sulfide) groups is 1. The zero-order valence-corrected chi connectivity index (χ0v) is 12.6. The summed E-state index contributed by atoms with van der Waals surface area (Å²) in [5.41, 5.74) is 0. The first-order valence-electron chi connectivity index (χ1n) is 5.88. The van der Waals surface area contributed by atoms with E-state index in [1.54, 1.807) is 11.8 Å². The molecule has 0 fully saturated rings. The van der Waals surface area contributed by atoms with E-state index < -0.39 is 0 Å². The molecule has 0 amide bonds. The zero-order chi connectivity index (χ0) is 12.6. The van der Waals surface area contributed by atoms with Gasteiger partial charge in [-0.05, 0) is 0 Å². The number of aliphatic hydroxyl groups excluding tert-OH is 1. The molecule has 0 heterocycles. The van der Waals surface area contributed by atoms with Gasteiger partial charge in [-0.25, -0.2) is 0 Å². The molecule has 0 aliphatic carbocycles. The second-order valence-corrected chi connectivity index (χ2v) is 7.29. The van der Waals surface area contributed by atoms with Crippen molar-refractivity contribution in [2.24, 2.45) is 0 Å². The third-order valence-electron chi connectivity index (χ3n) is 2.37. The Morgan fingerprint density at radius 1 is 0.944 bits per heavy atom. The van der Waals surface area contributed by atoms with Gasteiger partial charge in [-0.1, -0.05) is 0 Å². The van der Waals surface area contributed by atoms with E-state index in [0.717, 1.165) is 11.1 Å². The van der Waals surface area contributed by atoms with E-state index in [1.165, 1.54) is 9.36 Å². The summed E-state index contributed by atoms with van der Waals surface area (Å²) < 4.78 is 1.36. The molecule has 0 saturated carbocycles. The molecule has 18 heavy (non-hydrogen) atoms. The van der Waals surface area contributed by atoms with Gasteiger partial charge in [0.15, 0.2) is 0 Å². The Morgan fingerprint density at radius 3 is 2.22 bits per heavy atom. The van der Waals surface area contributed by atoms with Crippen molar-refractivity contribution in [1.29, 1.82) is 0 Å². The van der Waals surface area contributed by atoms with Crippen LogP contribution in [0.5, 0.6) is 0 Å². The second kappa shape index (κ2) is 7.65. The molecule has 2 aromatic carbocycles. The van der Waals surface area contributed by atoms with Gasteiger partial charge in [0.2, 0.25) is 0 Å². The van der Waals surface area contributed by atoms with Gasteiger partial charge in [-0.15, -0.1) is 0 Å². The molecule has 0 spiro atoms. The van der Waals surface area contributed by atoms with E-state index in [9.17, 15) is 5.11 Å². The van der Waals surface area contributed by atoms with E-state index >= 15 is 0 Å². The molecule has 2 aromatic rings. The fourth-order valence-electron chi connectivity index (χ4n) is 1.47. The SMILES string of the molecule is OC(CSc1ccccc1)C[Se]c1ccccc1. The quantitative estimate of drug-likeness (QED) is 0.651. The molecule has 1 atom stereocenters. The van der Waals surface area contributed by atoms with Gasteiger partial charge >= 0.3 is 119 Å². The van der Waals surface area contributed by atoms with Gasteiger partial charge in [-0.2, -0.15) is 0 Å². The van der Waals surface area contributed by atoms with Gasteiger partial charge in [0, 0.05) is 0 Å². The standard InChI is InChI=1S/C15H16OSSe/c16-13(11-17-14-7-3-1-4-8-14)12-18-15-9-5-2-6-10-15/h1-10,13,16H,11-12H2. The summed E-state index contributed by atoms with van der Waals surface area (Å²) in [7, 11) is 0. The number of aliphatic hydroxyl groups is 1. The van der Waals surface area contributed by atoms with Crippen LogP contribution in [0.25, 0.3) is 0 Å². The fraction of sp³-hybridized carbons (Fsp3) is 0.200. The summed E-state index contributed by atoms with van der Waals surface area (Å²) in [4.78, 5) is 1.23. The van der Waals surface area contributed by atoms with Gasteiger partial charge in [0.05, 0.1) is 0 Å². The Labute approximate surface area is 119 Å². The van der Waals surface area contributed by atoms with Gasteiger partial charge < -0.3 is 0 Å². The van der Waals surface area contributed by atoms with Crippen molar-refractivity contribution in [2.75, 3.05) is 5.75 Å². The predicted octanol–water partition coefficient (Wildman–Crippen LogP) is 2.59. The van der Waals surface area contributed by atoms with Crippen LogP contribution in [0.4, 0.5) is 0 Å². The molecule has 0 aromatic heterocycles. The monoisotopic (exact) mass is 324 g/mol. The Balaban J connectivity index is 1.71. The van der Waals surface area contributed by atoms with Crippen molar-refractivity contribution in [1.82, 2.24) is 0 Å². The van der Waals surface area contributed by atoms with Crippen LogP contribution in [0.3, 0.4) is 0 Å². The molecular formula is C15H16OSSe. The molecule has 0 bridgehead atoms. The van der Waals surface area contributed by atoms with Crippen LogP contribution in [0.2, 0.25) is 5.32 Å². The summed E-state index contributed by atoms with van der Waals surface area (Å²) in [5.74, 6) is 0.776. The Hall–Kier alpha value is -0.731. The maximum absolute atomic E-state index is 9.97. The number of benzene rings is 2. The minimum atomic E-state index is -0.213. The van der Waals surface area contributed by atoms with E-state index in [4.69, 9.17) is 0 Å². The first-order chi connectivity index (χ1) is 8.84. The maximum atomic E-state index is 9.97. The molecular weight excluding hydrogens is 307 g/mol. The van der Waals surface area contributed by atoms with Crippen molar-refractivity contribution in [3.8, 4) is 0 Å². The van der Waals surface area contributed by atoms with Crippen molar-refractivity contribution < 1.29 is 5.11 Å².